The zero-order valence-electron chi connectivity index (χ0n) is 9.31. The minimum absolute atomic E-state index is 0.0289. The molecule has 18 heavy (non-hydrogen) atoms. The third-order valence-electron chi connectivity index (χ3n) is 2.84. The van der Waals surface area contributed by atoms with Crippen LogP contribution in [-0.4, -0.2) is 33.5 Å². The number of H-pyrrole nitrogens is 1. The number of hydrogen-bond acceptors (Lipinski definition) is 4. The molecule has 0 aliphatic carbocycles. The van der Waals surface area contributed by atoms with Gasteiger partial charge in [-0.2, -0.15) is 0 Å². The van der Waals surface area contributed by atoms with Crippen LogP contribution in [0.1, 0.15) is 18.2 Å². The molecule has 0 amide bonds. The molecule has 0 aromatic carbocycles. The van der Waals surface area contributed by atoms with Crippen molar-refractivity contribution in [1.82, 2.24) is 9.55 Å². The van der Waals surface area contributed by atoms with Crippen molar-refractivity contribution in [1.29, 1.82) is 0 Å². The highest BCUT2D eigenvalue weighted by Gasteiger charge is 2.36. The smallest absolute Gasteiger partial charge is 0.330 e. The number of nitrogens with one attached hydrogen (secondary N) is 1. The van der Waals surface area contributed by atoms with Gasteiger partial charge in [0, 0.05) is 23.5 Å². The lowest BCUT2D eigenvalue weighted by Crippen LogP contribution is -2.34. The average Bonchev–Trinajstić information content (AvgIpc) is 2.70. The molecule has 2 N–H and O–H groups in total. The maximum Gasteiger partial charge on any atom is 0.330 e. The van der Waals surface area contributed by atoms with Gasteiger partial charge in [0.1, 0.15) is 18.5 Å². The second-order valence-electron chi connectivity index (χ2n) is 4.02. The van der Waals surface area contributed by atoms with E-state index in [4.69, 9.17) is 9.84 Å². The Morgan fingerprint density at radius 1 is 1.61 bits per heavy atom. The summed E-state index contributed by atoms with van der Waals surface area (Å²) in [5.41, 5.74) is -0.789. The number of aromatic amines is 1. The molecule has 1 aliphatic heterocycles. The third-order valence-corrected chi connectivity index (χ3v) is 3.44. The van der Waals surface area contributed by atoms with Crippen molar-refractivity contribution >= 4 is 15.9 Å². The molecule has 0 bridgehead atoms. The molecule has 1 aromatic heterocycles. The number of aromatic nitrogens is 2. The quantitative estimate of drug-likeness (QED) is 0.770. The normalized spacial score (nSPS) is 27.6. The number of aliphatic hydroxyl groups excluding tert-OH is 1. The maximum absolute atomic E-state index is 13.4. The number of ether oxygens (including phenoxy) is 1. The number of alkyl halides is 2. The lowest BCUT2D eigenvalue weighted by molar-refractivity contribution is -0.0356. The van der Waals surface area contributed by atoms with Crippen LogP contribution in [0.3, 0.4) is 0 Å². The van der Waals surface area contributed by atoms with Gasteiger partial charge in [0.25, 0.3) is 5.56 Å². The van der Waals surface area contributed by atoms with Gasteiger partial charge in [0.15, 0.2) is 0 Å². The van der Waals surface area contributed by atoms with Gasteiger partial charge in [0.05, 0.1) is 6.61 Å². The minimum Gasteiger partial charge on any atom is -0.394 e. The van der Waals surface area contributed by atoms with E-state index in [0.29, 0.717) is 5.56 Å². The third kappa shape index (κ3) is 2.40. The fourth-order valence-electron chi connectivity index (χ4n) is 1.86. The largest absolute Gasteiger partial charge is 0.394 e. The number of rotatable bonds is 3. The van der Waals surface area contributed by atoms with Crippen LogP contribution in [0.2, 0.25) is 0 Å². The molecule has 1 aromatic rings. The summed E-state index contributed by atoms with van der Waals surface area (Å²) in [6, 6.07) is 0. The SMILES string of the molecule is O=c1[nH]c(=O)n([C@H]2C[C@H](F)[C@@H](CO)O2)cc1CBr. The van der Waals surface area contributed by atoms with Crippen LogP contribution in [0.5, 0.6) is 0 Å². The molecule has 0 saturated carbocycles. The van der Waals surface area contributed by atoms with E-state index in [1.54, 1.807) is 0 Å². The van der Waals surface area contributed by atoms with Crippen molar-refractivity contribution in [2.45, 2.75) is 30.3 Å². The maximum atomic E-state index is 13.4. The first-order valence-corrected chi connectivity index (χ1v) is 6.49. The highest BCUT2D eigenvalue weighted by Crippen LogP contribution is 2.29. The Hall–Kier alpha value is -0.990. The Labute approximate surface area is 110 Å². The van der Waals surface area contributed by atoms with Crippen molar-refractivity contribution in [2.75, 3.05) is 6.61 Å². The Balaban J connectivity index is 2.35. The monoisotopic (exact) mass is 322 g/mol. The molecule has 0 radical (unpaired) electrons. The van der Waals surface area contributed by atoms with Crippen LogP contribution in [0, 0.1) is 0 Å². The second kappa shape index (κ2) is 5.33. The first kappa shape index (κ1) is 13.4. The molecule has 8 heteroatoms. The zero-order chi connectivity index (χ0) is 13.3. The summed E-state index contributed by atoms with van der Waals surface area (Å²) >= 11 is 3.12. The molecular formula is C10H12BrFN2O4. The predicted molar refractivity (Wildman–Crippen MR) is 64.5 cm³/mol. The zero-order valence-corrected chi connectivity index (χ0v) is 10.9. The molecular weight excluding hydrogens is 311 g/mol. The summed E-state index contributed by atoms with van der Waals surface area (Å²) in [5, 5.41) is 9.17. The van der Waals surface area contributed by atoms with Gasteiger partial charge in [-0.1, -0.05) is 15.9 Å². The van der Waals surface area contributed by atoms with Crippen molar-refractivity contribution < 1.29 is 14.2 Å². The molecule has 3 atom stereocenters. The summed E-state index contributed by atoms with van der Waals surface area (Å²) in [4.78, 5) is 25.1. The number of nitrogens with zero attached hydrogens (tertiary/aromatic N) is 1. The number of aliphatic hydroxyl groups is 1. The fourth-order valence-corrected chi connectivity index (χ4v) is 2.26. The highest BCUT2D eigenvalue weighted by molar-refractivity contribution is 9.08. The molecule has 100 valence electrons. The fraction of sp³-hybridized carbons (Fsp3) is 0.600. The van der Waals surface area contributed by atoms with Crippen LogP contribution in [-0.2, 0) is 10.1 Å². The van der Waals surface area contributed by atoms with Crippen molar-refractivity contribution in [2.24, 2.45) is 0 Å². The first-order chi connectivity index (χ1) is 8.56. The molecule has 0 unspecified atom stereocenters. The minimum atomic E-state index is -1.33. The molecule has 1 aliphatic rings. The van der Waals surface area contributed by atoms with E-state index in [2.05, 4.69) is 20.9 Å². The van der Waals surface area contributed by atoms with Gasteiger partial charge in [-0.3, -0.25) is 14.3 Å². The molecule has 6 nitrogen and oxygen atoms in total. The van der Waals surface area contributed by atoms with Crippen molar-refractivity contribution in [3.05, 3.63) is 32.6 Å². The van der Waals surface area contributed by atoms with Gasteiger partial charge >= 0.3 is 5.69 Å². The molecule has 1 fully saturated rings. The number of halogens is 2. The van der Waals surface area contributed by atoms with E-state index < -0.39 is 36.4 Å². The molecule has 1 saturated heterocycles. The van der Waals surface area contributed by atoms with E-state index in [1.807, 2.05) is 0 Å². The Kier molecular flexibility index (Phi) is 3.98. The Morgan fingerprint density at radius 2 is 2.33 bits per heavy atom. The van der Waals surface area contributed by atoms with Gasteiger partial charge in [-0.05, 0) is 0 Å². The second-order valence-corrected chi connectivity index (χ2v) is 4.58. The summed E-state index contributed by atoms with van der Waals surface area (Å²) in [5.74, 6) is 0. The van der Waals surface area contributed by atoms with E-state index in [-0.39, 0.29) is 11.8 Å². The summed E-state index contributed by atoms with van der Waals surface area (Å²) in [6.07, 6.45) is -1.75. The summed E-state index contributed by atoms with van der Waals surface area (Å²) in [6.45, 7) is -0.443. The lowest BCUT2D eigenvalue weighted by atomic mass is 10.2. The van der Waals surface area contributed by atoms with E-state index in [0.717, 1.165) is 4.57 Å². The van der Waals surface area contributed by atoms with Gasteiger partial charge in [-0.15, -0.1) is 0 Å². The van der Waals surface area contributed by atoms with Gasteiger partial charge in [-0.25, -0.2) is 9.18 Å². The Morgan fingerprint density at radius 3 is 2.89 bits per heavy atom. The van der Waals surface area contributed by atoms with Gasteiger partial charge in [0.2, 0.25) is 0 Å². The van der Waals surface area contributed by atoms with E-state index in [1.165, 1.54) is 6.20 Å². The standard InChI is InChI=1S/C10H12BrFN2O4/c11-2-5-3-14(10(17)13-9(5)16)8-1-6(12)7(4-15)18-8/h3,6-8,15H,1-2,4H2,(H,13,16,17)/t6-,7+,8+/m0/s1. The van der Waals surface area contributed by atoms with E-state index >= 15 is 0 Å². The van der Waals surface area contributed by atoms with Gasteiger partial charge < -0.3 is 9.84 Å². The highest BCUT2D eigenvalue weighted by atomic mass is 79.9. The lowest BCUT2D eigenvalue weighted by Gasteiger charge is -2.14. The average molecular weight is 323 g/mol. The van der Waals surface area contributed by atoms with Crippen LogP contribution in [0.4, 0.5) is 4.39 Å². The first-order valence-electron chi connectivity index (χ1n) is 5.37. The van der Waals surface area contributed by atoms with E-state index in [9.17, 15) is 14.0 Å². The van der Waals surface area contributed by atoms with Crippen LogP contribution >= 0.6 is 15.9 Å². The van der Waals surface area contributed by atoms with Crippen molar-refractivity contribution in [3.8, 4) is 0 Å². The van der Waals surface area contributed by atoms with Crippen LogP contribution < -0.4 is 11.2 Å². The predicted octanol–water partition coefficient (Wildman–Crippen LogP) is 0.0494. The molecule has 0 spiro atoms. The number of hydrogen-bond donors (Lipinski definition) is 2. The summed E-state index contributed by atoms with van der Waals surface area (Å²) < 4.78 is 19.8. The summed E-state index contributed by atoms with van der Waals surface area (Å²) in [7, 11) is 0. The van der Waals surface area contributed by atoms with Crippen molar-refractivity contribution in [3.63, 3.8) is 0 Å². The van der Waals surface area contributed by atoms with Crippen LogP contribution in [0.15, 0.2) is 15.8 Å². The molecule has 2 heterocycles. The molecule has 2 rings (SSSR count). The topological polar surface area (TPSA) is 84.3 Å². The van der Waals surface area contributed by atoms with Crippen LogP contribution in [0.25, 0.3) is 0 Å². The Bertz CT molecular complexity index is 543.